The summed E-state index contributed by atoms with van der Waals surface area (Å²) in [6, 6.07) is 15.3. The van der Waals surface area contributed by atoms with E-state index in [9.17, 15) is 9.59 Å². The fraction of sp³-hybridized carbons (Fsp3) is 0.261. The molecule has 0 saturated heterocycles. The molecular formula is C23H24ClN5O3. The highest BCUT2D eigenvalue weighted by atomic mass is 35.5. The van der Waals surface area contributed by atoms with Crippen LogP contribution in [0.2, 0.25) is 5.02 Å². The first-order valence-electron chi connectivity index (χ1n) is 10.1. The summed E-state index contributed by atoms with van der Waals surface area (Å²) in [5.74, 6) is 0.592. The van der Waals surface area contributed by atoms with Crippen LogP contribution in [0.25, 0.3) is 11.2 Å². The number of benzene rings is 2. The van der Waals surface area contributed by atoms with Gasteiger partial charge >= 0.3 is 11.7 Å². The van der Waals surface area contributed by atoms with Crippen molar-refractivity contribution in [2.45, 2.75) is 13.1 Å². The minimum absolute atomic E-state index is 0.222. The summed E-state index contributed by atoms with van der Waals surface area (Å²) >= 11 is 6.16. The number of ether oxygens (including phenoxy) is 1. The van der Waals surface area contributed by atoms with Gasteiger partial charge in [-0.25, -0.2) is 4.79 Å². The van der Waals surface area contributed by atoms with Crippen molar-refractivity contribution >= 4 is 22.8 Å². The molecule has 8 nitrogen and oxygen atoms in total. The maximum Gasteiger partial charge on any atom is 0.332 e. The van der Waals surface area contributed by atoms with Gasteiger partial charge in [0.2, 0.25) is 0 Å². The minimum atomic E-state index is -0.450. The number of hydrogen-bond donors (Lipinski definition) is 0. The van der Waals surface area contributed by atoms with Crippen molar-refractivity contribution < 1.29 is 4.74 Å². The Morgan fingerprint density at radius 1 is 1.00 bits per heavy atom. The van der Waals surface area contributed by atoms with Crippen LogP contribution in [-0.4, -0.2) is 37.7 Å². The summed E-state index contributed by atoms with van der Waals surface area (Å²) in [7, 11) is 7.02. The molecule has 4 rings (SSSR count). The topological polar surface area (TPSA) is 74.3 Å². The highest BCUT2D eigenvalue weighted by Gasteiger charge is 2.21. The molecule has 0 fully saturated rings. The number of rotatable bonds is 6. The van der Waals surface area contributed by atoms with Gasteiger partial charge < -0.3 is 9.64 Å². The van der Waals surface area contributed by atoms with Crippen molar-refractivity contribution in [1.29, 1.82) is 0 Å². The van der Waals surface area contributed by atoms with E-state index in [1.54, 1.807) is 17.7 Å². The van der Waals surface area contributed by atoms with Crippen molar-refractivity contribution in [2.75, 3.05) is 14.1 Å². The lowest BCUT2D eigenvalue weighted by Gasteiger charge is -2.13. The molecule has 166 valence electrons. The summed E-state index contributed by atoms with van der Waals surface area (Å²) in [5.41, 5.74) is 1.61. The highest BCUT2D eigenvalue weighted by molar-refractivity contribution is 6.30. The Morgan fingerprint density at radius 2 is 1.72 bits per heavy atom. The fourth-order valence-corrected chi connectivity index (χ4v) is 3.86. The quantitative estimate of drug-likeness (QED) is 0.448. The molecule has 9 heteroatoms. The normalized spacial score (nSPS) is 11.4. The molecule has 0 N–H and O–H groups in total. The van der Waals surface area contributed by atoms with E-state index < -0.39 is 11.2 Å². The Balaban J connectivity index is 1.88. The Bertz CT molecular complexity index is 1420. The van der Waals surface area contributed by atoms with Gasteiger partial charge in [0.05, 0.1) is 6.54 Å². The molecule has 2 heterocycles. The van der Waals surface area contributed by atoms with Gasteiger partial charge in [0, 0.05) is 25.7 Å². The van der Waals surface area contributed by atoms with Gasteiger partial charge in [0.15, 0.2) is 11.2 Å². The third-order valence-electron chi connectivity index (χ3n) is 5.15. The van der Waals surface area contributed by atoms with Crippen LogP contribution < -0.4 is 16.0 Å². The molecule has 0 aliphatic heterocycles. The second-order valence-electron chi connectivity index (χ2n) is 7.98. The van der Waals surface area contributed by atoms with E-state index in [2.05, 4.69) is 9.88 Å². The van der Waals surface area contributed by atoms with Gasteiger partial charge in [-0.2, -0.15) is 4.98 Å². The molecule has 0 bridgehead atoms. The summed E-state index contributed by atoms with van der Waals surface area (Å²) in [5, 5.41) is 0.589. The SMILES string of the molecule is CN(C)Cc1cccc(Oc2nc3c(c(=O)n(C)c(=O)n3C)n2Cc2cccc(Cl)c2)c1. The number of fused-ring (bicyclic) bond motifs is 1. The third-order valence-corrected chi connectivity index (χ3v) is 5.38. The van der Waals surface area contributed by atoms with Crippen molar-refractivity contribution in [3.8, 4) is 11.8 Å². The predicted molar refractivity (Wildman–Crippen MR) is 125 cm³/mol. The average molecular weight is 454 g/mol. The Kier molecular flexibility index (Phi) is 5.90. The van der Waals surface area contributed by atoms with Gasteiger partial charge in [-0.3, -0.25) is 18.5 Å². The Morgan fingerprint density at radius 3 is 2.44 bits per heavy atom. The molecule has 0 atom stereocenters. The van der Waals surface area contributed by atoms with Crippen molar-refractivity contribution in [3.05, 3.63) is 85.5 Å². The standard InChI is InChI=1S/C23H24ClN5O3/c1-26(2)13-16-8-6-10-18(12-16)32-22-25-20-19(21(30)28(4)23(31)27(20)3)29(22)14-15-7-5-9-17(24)11-15/h5-12H,13-14H2,1-4H3. The zero-order valence-electron chi connectivity index (χ0n) is 18.4. The van der Waals surface area contributed by atoms with Crippen LogP contribution in [0.1, 0.15) is 11.1 Å². The lowest BCUT2D eigenvalue weighted by Crippen LogP contribution is -2.37. The van der Waals surface area contributed by atoms with Crippen LogP contribution in [0, 0.1) is 0 Å². The second-order valence-corrected chi connectivity index (χ2v) is 8.41. The zero-order chi connectivity index (χ0) is 23.0. The van der Waals surface area contributed by atoms with E-state index in [-0.39, 0.29) is 17.2 Å². The largest absolute Gasteiger partial charge is 0.425 e. The van der Waals surface area contributed by atoms with Crippen LogP contribution in [-0.2, 0) is 27.2 Å². The first-order valence-corrected chi connectivity index (χ1v) is 10.4. The van der Waals surface area contributed by atoms with Crippen molar-refractivity contribution in [2.24, 2.45) is 14.1 Å². The number of halogens is 1. The molecule has 0 spiro atoms. The summed E-state index contributed by atoms with van der Waals surface area (Å²) < 4.78 is 10.2. The van der Waals surface area contributed by atoms with E-state index in [0.717, 1.165) is 22.2 Å². The first-order chi connectivity index (χ1) is 15.2. The number of aromatic nitrogens is 4. The maximum absolute atomic E-state index is 13.0. The van der Waals surface area contributed by atoms with Crippen LogP contribution in [0.3, 0.4) is 0 Å². The molecule has 4 aromatic rings. The Labute approximate surface area is 189 Å². The highest BCUT2D eigenvalue weighted by Crippen LogP contribution is 2.26. The molecule has 0 saturated carbocycles. The second kappa shape index (κ2) is 8.64. The molecular weight excluding hydrogens is 430 g/mol. The number of nitrogens with zero attached hydrogens (tertiary/aromatic N) is 5. The van der Waals surface area contributed by atoms with E-state index >= 15 is 0 Å². The van der Waals surface area contributed by atoms with E-state index in [1.807, 2.05) is 56.6 Å². The Hall–Kier alpha value is -3.36. The van der Waals surface area contributed by atoms with Crippen LogP contribution in [0.4, 0.5) is 0 Å². The van der Waals surface area contributed by atoms with Crippen molar-refractivity contribution in [3.63, 3.8) is 0 Å². The molecule has 2 aromatic carbocycles. The number of aryl methyl sites for hydroxylation is 1. The van der Waals surface area contributed by atoms with Gasteiger partial charge in [-0.1, -0.05) is 35.9 Å². The molecule has 0 radical (unpaired) electrons. The molecule has 0 aliphatic rings. The molecule has 32 heavy (non-hydrogen) atoms. The van der Waals surface area contributed by atoms with E-state index in [4.69, 9.17) is 16.3 Å². The van der Waals surface area contributed by atoms with Crippen LogP contribution in [0.15, 0.2) is 58.1 Å². The molecule has 0 amide bonds. The van der Waals surface area contributed by atoms with Crippen molar-refractivity contribution in [1.82, 2.24) is 23.6 Å². The van der Waals surface area contributed by atoms with Crippen LogP contribution >= 0.6 is 11.6 Å². The monoisotopic (exact) mass is 453 g/mol. The number of imidazole rings is 1. The minimum Gasteiger partial charge on any atom is -0.425 e. The summed E-state index contributed by atoms with van der Waals surface area (Å²) in [6.45, 7) is 1.06. The fourth-order valence-electron chi connectivity index (χ4n) is 3.65. The lowest BCUT2D eigenvalue weighted by molar-refractivity contribution is 0.397. The molecule has 2 aromatic heterocycles. The van der Waals surface area contributed by atoms with Gasteiger partial charge in [0.1, 0.15) is 5.75 Å². The first kappa shape index (κ1) is 21.9. The zero-order valence-corrected chi connectivity index (χ0v) is 19.1. The average Bonchev–Trinajstić information content (AvgIpc) is 3.08. The van der Waals surface area contributed by atoms with E-state index in [0.29, 0.717) is 17.3 Å². The summed E-state index contributed by atoms with van der Waals surface area (Å²) in [6.07, 6.45) is 0. The van der Waals surface area contributed by atoms with Gasteiger partial charge in [-0.05, 0) is 49.5 Å². The smallest absolute Gasteiger partial charge is 0.332 e. The van der Waals surface area contributed by atoms with Gasteiger partial charge in [-0.15, -0.1) is 0 Å². The molecule has 0 aliphatic carbocycles. The maximum atomic E-state index is 13.0. The number of hydrogen-bond acceptors (Lipinski definition) is 5. The van der Waals surface area contributed by atoms with E-state index in [1.165, 1.54) is 11.6 Å². The van der Waals surface area contributed by atoms with Gasteiger partial charge in [0.25, 0.3) is 5.56 Å². The third kappa shape index (κ3) is 4.19. The summed E-state index contributed by atoms with van der Waals surface area (Å²) in [4.78, 5) is 32.1. The molecule has 0 unspecified atom stereocenters. The predicted octanol–water partition coefficient (Wildman–Crippen LogP) is 2.99. The lowest BCUT2D eigenvalue weighted by atomic mass is 10.2. The van der Waals surface area contributed by atoms with Crippen LogP contribution in [0.5, 0.6) is 11.8 Å².